The first-order valence-corrected chi connectivity index (χ1v) is 6.22. The zero-order chi connectivity index (χ0) is 12.3. The average molecular weight is 290 g/mol. The van der Waals surface area contributed by atoms with Crippen molar-refractivity contribution in [2.75, 3.05) is 20.6 Å². The van der Waals surface area contributed by atoms with Crippen LogP contribution in [0.2, 0.25) is 0 Å². The molecule has 1 unspecified atom stereocenters. The maximum absolute atomic E-state index is 9.92. The molecule has 1 atom stereocenters. The lowest BCUT2D eigenvalue weighted by molar-refractivity contribution is 0.150. The van der Waals surface area contributed by atoms with E-state index in [0.717, 1.165) is 28.8 Å². The van der Waals surface area contributed by atoms with Crippen molar-refractivity contribution in [2.45, 2.75) is 25.9 Å². The normalized spacial score (nSPS) is 13.4. The molecule has 0 saturated carbocycles. The van der Waals surface area contributed by atoms with Gasteiger partial charge < -0.3 is 10.0 Å². The summed E-state index contributed by atoms with van der Waals surface area (Å²) in [7, 11) is 5.93. The van der Waals surface area contributed by atoms with Crippen LogP contribution in [0.4, 0.5) is 0 Å². The molecule has 0 aliphatic heterocycles. The standard InChI is InChI=1S/C11H20BrN3O/c1-8-11(12)10(15(4)13-8)7-9(16)5-6-14(2)3/h9,16H,5-7H2,1-4H3. The second-order valence-corrected chi connectivity index (χ2v) is 5.21. The van der Waals surface area contributed by atoms with Gasteiger partial charge in [0.2, 0.25) is 0 Å². The highest BCUT2D eigenvalue weighted by molar-refractivity contribution is 9.10. The Bertz CT molecular complexity index is 349. The van der Waals surface area contributed by atoms with Gasteiger partial charge in [0.1, 0.15) is 0 Å². The number of nitrogens with zero attached hydrogens (tertiary/aromatic N) is 3. The van der Waals surface area contributed by atoms with Crippen LogP contribution in [0, 0.1) is 6.92 Å². The van der Waals surface area contributed by atoms with Gasteiger partial charge in [-0.2, -0.15) is 5.10 Å². The number of aromatic nitrogens is 2. The summed E-state index contributed by atoms with van der Waals surface area (Å²) >= 11 is 3.50. The molecular formula is C11H20BrN3O. The van der Waals surface area contributed by atoms with E-state index in [1.54, 1.807) is 0 Å². The van der Waals surface area contributed by atoms with Crippen molar-refractivity contribution < 1.29 is 5.11 Å². The molecule has 1 aromatic rings. The summed E-state index contributed by atoms with van der Waals surface area (Å²) in [6.45, 7) is 2.86. The van der Waals surface area contributed by atoms with E-state index in [9.17, 15) is 5.11 Å². The highest BCUT2D eigenvalue weighted by atomic mass is 79.9. The van der Waals surface area contributed by atoms with Crippen molar-refractivity contribution >= 4 is 15.9 Å². The SMILES string of the molecule is Cc1nn(C)c(CC(O)CCN(C)C)c1Br. The second kappa shape index (κ2) is 5.80. The molecule has 0 radical (unpaired) electrons. The van der Waals surface area contributed by atoms with Gasteiger partial charge >= 0.3 is 0 Å². The topological polar surface area (TPSA) is 41.3 Å². The summed E-state index contributed by atoms with van der Waals surface area (Å²) in [6, 6.07) is 0. The van der Waals surface area contributed by atoms with E-state index in [-0.39, 0.29) is 6.10 Å². The highest BCUT2D eigenvalue weighted by Gasteiger charge is 2.14. The molecular weight excluding hydrogens is 270 g/mol. The van der Waals surface area contributed by atoms with Gasteiger partial charge in [-0.3, -0.25) is 4.68 Å². The van der Waals surface area contributed by atoms with Gasteiger partial charge in [-0.1, -0.05) is 0 Å². The lowest BCUT2D eigenvalue weighted by atomic mass is 10.1. The lowest BCUT2D eigenvalue weighted by Crippen LogP contribution is -2.21. The van der Waals surface area contributed by atoms with E-state index >= 15 is 0 Å². The van der Waals surface area contributed by atoms with E-state index in [4.69, 9.17) is 0 Å². The molecule has 1 N–H and O–H groups in total. The van der Waals surface area contributed by atoms with E-state index in [1.807, 2.05) is 32.7 Å². The zero-order valence-corrected chi connectivity index (χ0v) is 12.0. The van der Waals surface area contributed by atoms with E-state index in [1.165, 1.54) is 0 Å². The molecule has 5 heteroatoms. The van der Waals surface area contributed by atoms with Crippen molar-refractivity contribution in [1.29, 1.82) is 0 Å². The van der Waals surface area contributed by atoms with Crippen LogP contribution in [-0.2, 0) is 13.5 Å². The Morgan fingerprint density at radius 1 is 1.50 bits per heavy atom. The van der Waals surface area contributed by atoms with E-state index in [2.05, 4.69) is 25.9 Å². The second-order valence-electron chi connectivity index (χ2n) is 4.42. The van der Waals surface area contributed by atoms with Crippen molar-refractivity contribution in [1.82, 2.24) is 14.7 Å². The van der Waals surface area contributed by atoms with Gasteiger partial charge in [0, 0.05) is 13.5 Å². The predicted octanol–water partition coefficient (Wildman–Crippen LogP) is 1.35. The number of aliphatic hydroxyl groups excluding tert-OH is 1. The van der Waals surface area contributed by atoms with Crippen molar-refractivity contribution in [3.63, 3.8) is 0 Å². The Morgan fingerprint density at radius 3 is 2.56 bits per heavy atom. The molecule has 1 rings (SSSR count). The fraction of sp³-hybridized carbons (Fsp3) is 0.727. The summed E-state index contributed by atoms with van der Waals surface area (Å²) in [4.78, 5) is 2.08. The average Bonchev–Trinajstić information content (AvgIpc) is 2.42. The molecule has 1 heterocycles. The highest BCUT2D eigenvalue weighted by Crippen LogP contribution is 2.21. The van der Waals surface area contributed by atoms with Crippen LogP contribution in [0.1, 0.15) is 17.8 Å². The molecule has 0 saturated heterocycles. The lowest BCUT2D eigenvalue weighted by Gasteiger charge is -2.14. The number of aryl methyl sites for hydroxylation is 2. The fourth-order valence-electron chi connectivity index (χ4n) is 1.63. The third-order valence-electron chi connectivity index (χ3n) is 2.60. The van der Waals surface area contributed by atoms with Crippen LogP contribution in [0.15, 0.2) is 4.47 Å². The van der Waals surface area contributed by atoms with Crippen LogP contribution in [0.5, 0.6) is 0 Å². The summed E-state index contributed by atoms with van der Waals surface area (Å²) in [5, 5.41) is 14.2. The molecule has 1 aromatic heterocycles. The van der Waals surface area contributed by atoms with Crippen LogP contribution >= 0.6 is 15.9 Å². The smallest absolute Gasteiger partial charge is 0.0738 e. The molecule has 92 valence electrons. The molecule has 0 spiro atoms. The summed E-state index contributed by atoms with van der Waals surface area (Å²) in [5.41, 5.74) is 2.03. The molecule has 0 aromatic carbocycles. The monoisotopic (exact) mass is 289 g/mol. The molecule has 0 amide bonds. The summed E-state index contributed by atoms with van der Waals surface area (Å²) in [5.74, 6) is 0. The first-order chi connectivity index (χ1) is 7.41. The molecule has 4 nitrogen and oxygen atoms in total. The van der Waals surface area contributed by atoms with Crippen LogP contribution in [0.3, 0.4) is 0 Å². The van der Waals surface area contributed by atoms with Gasteiger partial charge in [-0.15, -0.1) is 0 Å². The van der Waals surface area contributed by atoms with E-state index in [0.29, 0.717) is 6.42 Å². The Morgan fingerprint density at radius 2 is 2.12 bits per heavy atom. The summed E-state index contributed by atoms with van der Waals surface area (Å²) in [6.07, 6.45) is 1.11. The Kier molecular flexibility index (Phi) is 4.95. The van der Waals surface area contributed by atoms with Crippen molar-refractivity contribution in [3.05, 3.63) is 15.9 Å². The number of hydrogen-bond acceptors (Lipinski definition) is 3. The van der Waals surface area contributed by atoms with Gasteiger partial charge in [0.25, 0.3) is 0 Å². The molecule has 0 aliphatic carbocycles. The van der Waals surface area contributed by atoms with Crippen molar-refractivity contribution in [3.8, 4) is 0 Å². The summed E-state index contributed by atoms with van der Waals surface area (Å²) < 4.78 is 2.84. The first-order valence-electron chi connectivity index (χ1n) is 5.42. The predicted molar refractivity (Wildman–Crippen MR) is 68.5 cm³/mol. The molecule has 0 fully saturated rings. The zero-order valence-electron chi connectivity index (χ0n) is 10.4. The minimum Gasteiger partial charge on any atom is -0.393 e. The Hall–Kier alpha value is -0.390. The van der Waals surface area contributed by atoms with Gasteiger partial charge in [-0.05, 0) is 49.9 Å². The molecule has 16 heavy (non-hydrogen) atoms. The van der Waals surface area contributed by atoms with E-state index < -0.39 is 0 Å². The van der Waals surface area contributed by atoms with Crippen molar-refractivity contribution in [2.24, 2.45) is 7.05 Å². The number of halogens is 1. The largest absolute Gasteiger partial charge is 0.393 e. The minimum atomic E-state index is -0.312. The third kappa shape index (κ3) is 3.57. The van der Waals surface area contributed by atoms with Gasteiger partial charge in [-0.25, -0.2) is 0 Å². The Balaban J connectivity index is 2.59. The quantitative estimate of drug-likeness (QED) is 0.890. The molecule has 0 aliphatic rings. The van der Waals surface area contributed by atoms with Crippen LogP contribution in [0.25, 0.3) is 0 Å². The van der Waals surface area contributed by atoms with Gasteiger partial charge in [0.05, 0.1) is 22.0 Å². The number of hydrogen-bond donors (Lipinski definition) is 1. The third-order valence-corrected chi connectivity index (χ3v) is 3.63. The number of aliphatic hydroxyl groups is 1. The van der Waals surface area contributed by atoms with Gasteiger partial charge in [0.15, 0.2) is 0 Å². The van der Waals surface area contributed by atoms with Crippen LogP contribution in [-0.4, -0.2) is 46.5 Å². The number of rotatable bonds is 5. The van der Waals surface area contributed by atoms with Crippen LogP contribution < -0.4 is 0 Å². The molecule has 0 bridgehead atoms. The Labute approximate surface area is 105 Å². The first kappa shape index (κ1) is 13.7. The maximum atomic E-state index is 9.92. The minimum absolute atomic E-state index is 0.312. The maximum Gasteiger partial charge on any atom is 0.0738 e. The fourth-order valence-corrected chi connectivity index (χ4v) is 2.13.